The number of nitrogens with one attached hydrogen (secondary N) is 1. The molecule has 4 aromatic rings. The number of thiophene rings is 1. The van der Waals surface area contributed by atoms with E-state index < -0.39 is 0 Å². The fourth-order valence-corrected chi connectivity index (χ4v) is 5.73. The summed E-state index contributed by atoms with van der Waals surface area (Å²) in [5.74, 6) is 0.849. The van der Waals surface area contributed by atoms with E-state index in [1.807, 2.05) is 66.4 Å². The topological polar surface area (TPSA) is 83.5 Å². The molecular formula is C29H32N6O2S. The van der Waals surface area contributed by atoms with Crippen LogP contribution in [-0.2, 0) is 29.1 Å². The number of rotatable bonds is 10. The van der Waals surface area contributed by atoms with Crippen LogP contribution in [0.3, 0.4) is 0 Å². The second kappa shape index (κ2) is 12.3. The van der Waals surface area contributed by atoms with Gasteiger partial charge in [0, 0.05) is 30.2 Å². The van der Waals surface area contributed by atoms with E-state index in [1.165, 1.54) is 10.4 Å². The van der Waals surface area contributed by atoms with Crippen molar-refractivity contribution in [2.75, 3.05) is 39.1 Å². The molecule has 1 N–H and O–H groups in total. The molecule has 0 spiro atoms. The van der Waals surface area contributed by atoms with Crippen molar-refractivity contribution in [2.45, 2.75) is 25.6 Å². The lowest BCUT2D eigenvalue weighted by atomic mass is 10.0. The normalized spacial score (nSPS) is 14.2. The van der Waals surface area contributed by atoms with Crippen LogP contribution in [0.5, 0.6) is 0 Å². The first-order valence-corrected chi connectivity index (χ1v) is 13.5. The number of nitrogens with zero attached hydrogens (tertiary/aromatic N) is 5. The number of carbonyl (C=O) groups excluding carboxylic acids is 1. The molecule has 1 aliphatic rings. The number of aromatic nitrogens is 3. The molecule has 4 heterocycles. The summed E-state index contributed by atoms with van der Waals surface area (Å²) in [5.41, 5.74) is 3.24. The molecule has 5 rings (SSSR count). The first kappa shape index (κ1) is 26.0. The first-order chi connectivity index (χ1) is 18.6. The average molecular weight is 529 g/mol. The minimum Gasteiger partial charge on any atom is -0.373 e. The summed E-state index contributed by atoms with van der Waals surface area (Å²) in [5, 5.41) is 4.70. The highest BCUT2D eigenvalue weighted by atomic mass is 32.1. The molecule has 3 aromatic heterocycles. The molecule has 0 bridgehead atoms. The Labute approximate surface area is 227 Å². The molecule has 38 heavy (non-hydrogen) atoms. The minimum atomic E-state index is -0.0999. The number of hydrogen-bond acceptors (Lipinski definition) is 8. The Bertz CT molecular complexity index is 1390. The maximum atomic E-state index is 12.7. The van der Waals surface area contributed by atoms with Gasteiger partial charge in [0.15, 0.2) is 0 Å². The van der Waals surface area contributed by atoms with E-state index in [-0.39, 0.29) is 11.9 Å². The summed E-state index contributed by atoms with van der Waals surface area (Å²) < 4.78 is 6.08. The monoisotopic (exact) mass is 528 g/mol. The molecule has 0 radical (unpaired) electrons. The van der Waals surface area contributed by atoms with E-state index in [4.69, 9.17) is 4.74 Å². The molecule has 9 heteroatoms. The van der Waals surface area contributed by atoms with Crippen LogP contribution < -0.4 is 5.32 Å². The number of pyridine rings is 1. The molecule has 1 amide bonds. The standard InChI is InChI=1S/C29H32N6O2S/c1-34(2)15-8-12-26(36)35-16-13-23-25(17-35)38-29-27(23)28(31-20-32-29)33-24(21-9-4-3-5-10-21)19-37-18-22-11-6-7-14-30-22/h3-12,14,20,24H,13,15-19H2,1-2H3,(H,31,32,33)/t24-/m1/s1. The van der Waals surface area contributed by atoms with Gasteiger partial charge in [0.05, 0.1) is 36.9 Å². The number of anilines is 1. The average Bonchev–Trinajstić information content (AvgIpc) is 3.32. The Hall–Kier alpha value is -3.66. The third-order valence-corrected chi connectivity index (χ3v) is 7.58. The summed E-state index contributed by atoms with van der Waals surface area (Å²) in [7, 11) is 3.97. The van der Waals surface area contributed by atoms with Crippen LogP contribution in [0.15, 0.2) is 73.2 Å². The maximum Gasteiger partial charge on any atom is 0.246 e. The van der Waals surface area contributed by atoms with Gasteiger partial charge in [0.2, 0.25) is 5.91 Å². The van der Waals surface area contributed by atoms with E-state index in [9.17, 15) is 4.79 Å². The van der Waals surface area contributed by atoms with Crippen molar-refractivity contribution in [1.82, 2.24) is 24.8 Å². The van der Waals surface area contributed by atoms with Crippen LogP contribution in [0.2, 0.25) is 0 Å². The fraction of sp³-hybridized carbons (Fsp3) is 0.310. The molecule has 1 aromatic carbocycles. The van der Waals surface area contributed by atoms with Crippen molar-refractivity contribution in [3.8, 4) is 0 Å². The summed E-state index contributed by atoms with van der Waals surface area (Å²) >= 11 is 1.64. The Morgan fingerprint density at radius 1 is 1.16 bits per heavy atom. The number of hydrogen-bond donors (Lipinski definition) is 1. The highest BCUT2D eigenvalue weighted by molar-refractivity contribution is 7.19. The van der Waals surface area contributed by atoms with Crippen molar-refractivity contribution < 1.29 is 9.53 Å². The zero-order chi connectivity index (χ0) is 26.3. The lowest BCUT2D eigenvalue weighted by Gasteiger charge is -2.26. The third-order valence-electron chi connectivity index (χ3n) is 6.45. The molecule has 1 atom stereocenters. The van der Waals surface area contributed by atoms with Gasteiger partial charge in [-0.05, 0) is 43.8 Å². The van der Waals surface area contributed by atoms with Gasteiger partial charge in [0.1, 0.15) is 17.0 Å². The minimum absolute atomic E-state index is 0.0496. The zero-order valence-corrected chi connectivity index (χ0v) is 22.5. The Balaban J connectivity index is 1.35. The number of amides is 1. The quantitative estimate of drug-likeness (QED) is 0.304. The summed E-state index contributed by atoms with van der Waals surface area (Å²) in [6.45, 7) is 2.90. The number of likely N-dealkylation sites (N-methyl/N-ethyl adjacent to an activating group) is 1. The van der Waals surface area contributed by atoms with Crippen molar-refractivity contribution >= 4 is 33.3 Å². The van der Waals surface area contributed by atoms with E-state index >= 15 is 0 Å². The largest absolute Gasteiger partial charge is 0.373 e. The third kappa shape index (κ3) is 6.24. The first-order valence-electron chi connectivity index (χ1n) is 12.7. The van der Waals surface area contributed by atoms with Crippen LogP contribution in [0, 0.1) is 0 Å². The van der Waals surface area contributed by atoms with Gasteiger partial charge >= 0.3 is 0 Å². The second-order valence-corrected chi connectivity index (χ2v) is 10.6. The van der Waals surface area contributed by atoms with Gasteiger partial charge in [-0.25, -0.2) is 9.97 Å². The Morgan fingerprint density at radius 2 is 2.00 bits per heavy atom. The highest BCUT2D eigenvalue weighted by Gasteiger charge is 2.26. The molecule has 1 aliphatic heterocycles. The number of carbonyl (C=O) groups is 1. The maximum absolute atomic E-state index is 12.7. The van der Waals surface area contributed by atoms with Crippen LogP contribution in [0.25, 0.3) is 10.2 Å². The van der Waals surface area contributed by atoms with Gasteiger partial charge in [-0.3, -0.25) is 9.78 Å². The molecule has 0 fully saturated rings. The molecule has 196 valence electrons. The predicted octanol–water partition coefficient (Wildman–Crippen LogP) is 4.46. The SMILES string of the molecule is CN(C)CC=CC(=O)N1CCc2c(sc3ncnc(N[C@H](COCc4ccccn4)c4ccccc4)c23)C1. The van der Waals surface area contributed by atoms with Crippen molar-refractivity contribution in [3.05, 3.63) is 94.9 Å². The summed E-state index contributed by atoms with van der Waals surface area (Å²) in [4.78, 5) is 32.4. The molecule has 0 aliphatic carbocycles. The van der Waals surface area contributed by atoms with Crippen molar-refractivity contribution in [2.24, 2.45) is 0 Å². The Morgan fingerprint density at radius 3 is 2.79 bits per heavy atom. The lowest BCUT2D eigenvalue weighted by Crippen LogP contribution is -2.34. The molecule has 0 saturated carbocycles. The summed E-state index contributed by atoms with van der Waals surface area (Å²) in [6.07, 6.45) is 7.75. The molecule has 8 nitrogen and oxygen atoms in total. The van der Waals surface area contributed by atoms with E-state index in [0.717, 1.165) is 40.3 Å². The number of fused-ring (bicyclic) bond motifs is 3. The zero-order valence-electron chi connectivity index (χ0n) is 21.7. The number of ether oxygens (including phenoxy) is 1. The Kier molecular flexibility index (Phi) is 8.37. The van der Waals surface area contributed by atoms with E-state index in [1.54, 1.807) is 29.9 Å². The predicted molar refractivity (Wildman–Crippen MR) is 151 cm³/mol. The van der Waals surface area contributed by atoms with E-state index in [2.05, 4.69) is 32.4 Å². The summed E-state index contributed by atoms with van der Waals surface area (Å²) in [6, 6.07) is 16.0. The van der Waals surface area contributed by atoms with Crippen LogP contribution >= 0.6 is 11.3 Å². The van der Waals surface area contributed by atoms with Gasteiger partial charge in [-0.2, -0.15) is 0 Å². The fourth-order valence-electron chi connectivity index (χ4n) is 4.53. The molecule has 0 unspecified atom stereocenters. The second-order valence-electron chi connectivity index (χ2n) is 9.52. The van der Waals surface area contributed by atoms with Crippen LogP contribution in [0.1, 0.15) is 27.7 Å². The van der Waals surface area contributed by atoms with Gasteiger partial charge in [0.25, 0.3) is 0 Å². The van der Waals surface area contributed by atoms with Crippen LogP contribution in [-0.4, -0.2) is 64.5 Å². The highest BCUT2D eigenvalue weighted by Crippen LogP contribution is 2.38. The van der Waals surface area contributed by atoms with Crippen molar-refractivity contribution in [3.63, 3.8) is 0 Å². The van der Waals surface area contributed by atoms with Gasteiger partial charge in [-0.15, -0.1) is 11.3 Å². The molecule has 0 saturated heterocycles. The van der Waals surface area contributed by atoms with Gasteiger partial charge < -0.3 is 19.9 Å². The molecular weight excluding hydrogens is 496 g/mol. The number of benzene rings is 1. The lowest BCUT2D eigenvalue weighted by molar-refractivity contribution is -0.126. The van der Waals surface area contributed by atoms with Crippen molar-refractivity contribution in [1.29, 1.82) is 0 Å². The van der Waals surface area contributed by atoms with Gasteiger partial charge in [-0.1, -0.05) is 42.5 Å². The smallest absolute Gasteiger partial charge is 0.246 e. The van der Waals surface area contributed by atoms with E-state index in [0.29, 0.717) is 26.3 Å². The van der Waals surface area contributed by atoms with Crippen LogP contribution in [0.4, 0.5) is 5.82 Å².